The summed E-state index contributed by atoms with van der Waals surface area (Å²) >= 11 is 0. The van der Waals surface area contributed by atoms with Crippen molar-refractivity contribution in [3.05, 3.63) is 12.2 Å². The maximum atomic E-state index is 10.8. The standard InChI is InChI=1S/C8H14N2O4/c1-6(2)7(12)14-4-3-9-8(13)10-5-11/h11H,1,3-5H2,2H3,(H2,9,10,13). The van der Waals surface area contributed by atoms with Crippen molar-refractivity contribution in [1.29, 1.82) is 0 Å². The van der Waals surface area contributed by atoms with Gasteiger partial charge in [0.1, 0.15) is 13.3 Å². The van der Waals surface area contributed by atoms with Crippen molar-refractivity contribution < 1.29 is 19.4 Å². The van der Waals surface area contributed by atoms with Gasteiger partial charge < -0.3 is 20.5 Å². The van der Waals surface area contributed by atoms with Crippen LogP contribution >= 0.6 is 0 Å². The van der Waals surface area contributed by atoms with Crippen LogP contribution in [0.2, 0.25) is 0 Å². The summed E-state index contributed by atoms with van der Waals surface area (Å²) in [5, 5.41) is 12.8. The molecule has 0 aliphatic carbocycles. The third-order valence-corrected chi connectivity index (χ3v) is 1.21. The number of carbonyl (C=O) groups is 2. The van der Waals surface area contributed by atoms with Crippen LogP contribution in [0.4, 0.5) is 4.79 Å². The summed E-state index contributed by atoms with van der Waals surface area (Å²) in [5.74, 6) is -0.491. The summed E-state index contributed by atoms with van der Waals surface area (Å²) in [6.07, 6.45) is 0. The molecule has 0 unspecified atom stereocenters. The number of hydrogen-bond acceptors (Lipinski definition) is 4. The van der Waals surface area contributed by atoms with Gasteiger partial charge in [-0.15, -0.1) is 0 Å². The topological polar surface area (TPSA) is 87.7 Å². The van der Waals surface area contributed by atoms with E-state index in [2.05, 4.69) is 21.9 Å². The third kappa shape index (κ3) is 6.01. The lowest BCUT2D eigenvalue weighted by Crippen LogP contribution is -2.37. The smallest absolute Gasteiger partial charge is 0.333 e. The molecule has 0 aromatic rings. The highest BCUT2D eigenvalue weighted by Crippen LogP contribution is 1.90. The molecule has 0 aromatic heterocycles. The lowest BCUT2D eigenvalue weighted by molar-refractivity contribution is -0.138. The minimum Gasteiger partial charge on any atom is -0.460 e. The molecule has 0 bridgehead atoms. The fourth-order valence-electron chi connectivity index (χ4n) is 0.566. The number of hydrogen-bond donors (Lipinski definition) is 3. The molecule has 0 rings (SSSR count). The Morgan fingerprint density at radius 3 is 2.57 bits per heavy atom. The second-order valence-corrected chi connectivity index (χ2v) is 2.51. The second-order valence-electron chi connectivity index (χ2n) is 2.51. The number of aliphatic hydroxyl groups excluding tert-OH is 1. The van der Waals surface area contributed by atoms with E-state index >= 15 is 0 Å². The monoisotopic (exact) mass is 202 g/mol. The number of esters is 1. The van der Waals surface area contributed by atoms with E-state index < -0.39 is 18.7 Å². The van der Waals surface area contributed by atoms with Gasteiger partial charge in [-0.05, 0) is 6.92 Å². The number of ether oxygens (including phenoxy) is 1. The van der Waals surface area contributed by atoms with E-state index in [4.69, 9.17) is 5.11 Å². The zero-order valence-corrected chi connectivity index (χ0v) is 8.00. The van der Waals surface area contributed by atoms with Crippen molar-refractivity contribution in [1.82, 2.24) is 10.6 Å². The number of nitrogens with one attached hydrogen (secondary N) is 2. The number of urea groups is 1. The van der Waals surface area contributed by atoms with Crippen LogP contribution in [0.1, 0.15) is 6.92 Å². The van der Waals surface area contributed by atoms with Crippen molar-refractivity contribution in [2.24, 2.45) is 0 Å². The molecule has 6 nitrogen and oxygen atoms in total. The van der Waals surface area contributed by atoms with Gasteiger partial charge in [0.25, 0.3) is 0 Å². The summed E-state index contributed by atoms with van der Waals surface area (Å²) in [7, 11) is 0. The first-order chi connectivity index (χ1) is 6.57. The van der Waals surface area contributed by atoms with Gasteiger partial charge in [0.2, 0.25) is 0 Å². The Kier molecular flexibility index (Phi) is 6.13. The molecule has 0 aliphatic rings. The van der Waals surface area contributed by atoms with E-state index in [9.17, 15) is 9.59 Å². The highest BCUT2D eigenvalue weighted by Gasteiger charge is 2.02. The molecule has 0 spiro atoms. The van der Waals surface area contributed by atoms with Crippen molar-refractivity contribution in [2.75, 3.05) is 19.9 Å². The molecule has 0 saturated heterocycles. The molecule has 0 aromatic carbocycles. The Hall–Kier alpha value is -1.56. The average Bonchev–Trinajstić information content (AvgIpc) is 2.12. The second kappa shape index (κ2) is 6.90. The van der Waals surface area contributed by atoms with Crippen molar-refractivity contribution in [3.8, 4) is 0 Å². The molecular formula is C8H14N2O4. The zero-order valence-electron chi connectivity index (χ0n) is 8.00. The van der Waals surface area contributed by atoms with E-state index in [1.165, 1.54) is 6.92 Å². The molecular weight excluding hydrogens is 188 g/mol. The lowest BCUT2D eigenvalue weighted by atomic mass is 10.4. The number of rotatable bonds is 5. The zero-order chi connectivity index (χ0) is 11.0. The van der Waals surface area contributed by atoms with Crippen LogP contribution in [0.25, 0.3) is 0 Å². The van der Waals surface area contributed by atoms with Crippen LogP contribution in [-0.4, -0.2) is 37.0 Å². The minimum atomic E-state index is -0.515. The largest absolute Gasteiger partial charge is 0.460 e. The summed E-state index contributed by atoms with van der Waals surface area (Å²) in [5.41, 5.74) is 0.310. The maximum Gasteiger partial charge on any atom is 0.333 e. The van der Waals surface area contributed by atoms with Gasteiger partial charge in [-0.25, -0.2) is 9.59 Å². The Morgan fingerprint density at radius 1 is 1.43 bits per heavy atom. The summed E-state index contributed by atoms with van der Waals surface area (Å²) < 4.78 is 4.69. The van der Waals surface area contributed by atoms with Gasteiger partial charge in [0, 0.05) is 5.57 Å². The highest BCUT2D eigenvalue weighted by atomic mass is 16.5. The molecule has 80 valence electrons. The molecule has 0 atom stereocenters. The van der Waals surface area contributed by atoms with Crippen LogP contribution in [-0.2, 0) is 9.53 Å². The number of carbonyl (C=O) groups excluding carboxylic acids is 2. The molecule has 2 amide bonds. The van der Waals surface area contributed by atoms with Gasteiger partial charge >= 0.3 is 12.0 Å². The average molecular weight is 202 g/mol. The Bertz CT molecular complexity index is 227. The predicted octanol–water partition coefficient (Wildman–Crippen LogP) is -0.645. The maximum absolute atomic E-state index is 10.8. The molecule has 0 aliphatic heterocycles. The van der Waals surface area contributed by atoms with Gasteiger partial charge in [-0.3, -0.25) is 0 Å². The van der Waals surface area contributed by atoms with Crippen LogP contribution in [0.15, 0.2) is 12.2 Å². The van der Waals surface area contributed by atoms with Crippen LogP contribution in [0, 0.1) is 0 Å². The summed E-state index contributed by atoms with van der Waals surface area (Å²) in [4.78, 5) is 21.5. The first kappa shape index (κ1) is 12.4. The quantitative estimate of drug-likeness (QED) is 0.239. The van der Waals surface area contributed by atoms with Crippen molar-refractivity contribution in [3.63, 3.8) is 0 Å². The van der Waals surface area contributed by atoms with Crippen molar-refractivity contribution >= 4 is 12.0 Å². The van der Waals surface area contributed by atoms with Gasteiger partial charge in [0.05, 0.1) is 6.54 Å². The van der Waals surface area contributed by atoms with E-state index in [0.29, 0.717) is 5.57 Å². The minimum absolute atomic E-state index is 0.0740. The fraction of sp³-hybridized carbons (Fsp3) is 0.500. The third-order valence-electron chi connectivity index (χ3n) is 1.21. The van der Waals surface area contributed by atoms with E-state index in [1.807, 2.05) is 0 Å². The van der Waals surface area contributed by atoms with Crippen LogP contribution < -0.4 is 10.6 Å². The first-order valence-corrected chi connectivity index (χ1v) is 4.03. The summed E-state index contributed by atoms with van der Waals surface area (Å²) in [6.45, 7) is 4.75. The van der Waals surface area contributed by atoms with E-state index in [1.54, 1.807) is 0 Å². The Labute approximate surface area is 81.9 Å². The number of amides is 2. The van der Waals surface area contributed by atoms with Gasteiger partial charge in [-0.1, -0.05) is 6.58 Å². The van der Waals surface area contributed by atoms with E-state index in [-0.39, 0.29) is 13.2 Å². The van der Waals surface area contributed by atoms with Crippen molar-refractivity contribution in [2.45, 2.75) is 6.92 Å². The normalized spacial score (nSPS) is 9.00. The Balaban J connectivity index is 3.42. The van der Waals surface area contributed by atoms with E-state index in [0.717, 1.165) is 0 Å². The SMILES string of the molecule is C=C(C)C(=O)OCCNC(=O)NCO. The predicted molar refractivity (Wildman–Crippen MR) is 49.4 cm³/mol. The number of aliphatic hydroxyl groups is 1. The fourth-order valence-corrected chi connectivity index (χ4v) is 0.566. The highest BCUT2D eigenvalue weighted by molar-refractivity contribution is 5.86. The molecule has 3 N–H and O–H groups in total. The molecule has 14 heavy (non-hydrogen) atoms. The van der Waals surface area contributed by atoms with Gasteiger partial charge in [0.15, 0.2) is 0 Å². The van der Waals surface area contributed by atoms with Gasteiger partial charge in [-0.2, -0.15) is 0 Å². The molecule has 0 heterocycles. The molecule has 0 saturated carbocycles. The molecule has 0 fully saturated rings. The first-order valence-electron chi connectivity index (χ1n) is 4.03. The lowest BCUT2D eigenvalue weighted by Gasteiger charge is -2.06. The molecule has 0 radical (unpaired) electrons. The summed E-state index contributed by atoms with van der Waals surface area (Å²) in [6, 6.07) is -0.515. The molecule has 6 heteroatoms. The Morgan fingerprint density at radius 2 is 2.07 bits per heavy atom. The van der Waals surface area contributed by atoms with Crippen LogP contribution in [0.3, 0.4) is 0 Å². The van der Waals surface area contributed by atoms with Crippen LogP contribution in [0.5, 0.6) is 0 Å².